The van der Waals surface area contributed by atoms with Gasteiger partial charge < -0.3 is 14.8 Å². The highest BCUT2D eigenvalue weighted by Gasteiger charge is 2.21. The number of aromatic nitrogens is 1. The normalized spacial score (nSPS) is 10.5. The second kappa shape index (κ2) is 8.08. The number of non-ortho nitro benzene ring substituents is 1. The van der Waals surface area contributed by atoms with Crippen LogP contribution < -0.4 is 14.8 Å². The Balaban J connectivity index is 1.96. The van der Waals surface area contributed by atoms with E-state index in [0.29, 0.717) is 33.8 Å². The van der Waals surface area contributed by atoms with Gasteiger partial charge in [0.05, 0.1) is 24.7 Å². The maximum absolute atomic E-state index is 11.4. The highest BCUT2D eigenvalue weighted by molar-refractivity contribution is 5.96. The van der Waals surface area contributed by atoms with Crippen LogP contribution in [0.25, 0.3) is 16.6 Å². The number of hydrogen-bond acceptors (Lipinski definition) is 6. The highest BCUT2D eigenvalue weighted by atomic mass is 16.6. The molecule has 0 fully saturated rings. The number of nitro groups is 1. The zero-order chi connectivity index (χ0) is 22.0. The van der Waals surface area contributed by atoms with E-state index in [-0.39, 0.29) is 5.69 Å². The molecule has 8 nitrogen and oxygen atoms in total. The van der Waals surface area contributed by atoms with Crippen LogP contribution in [-0.2, 0) is 0 Å². The third-order valence-corrected chi connectivity index (χ3v) is 4.96. The van der Waals surface area contributed by atoms with Crippen LogP contribution in [0.3, 0.4) is 0 Å². The van der Waals surface area contributed by atoms with Gasteiger partial charge in [-0.15, -0.1) is 0 Å². The molecule has 0 aliphatic rings. The molecular weight excluding hydrogens is 396 g/mol. The standard InChI is InChI=1S/C23H18N4O4/c1-30-18-8-3-15(4-9-18)25-23-21(14-24)20-12-7-17(27(28)29)13-22(20)26(23)16-5-10-19(31-2)11-6-16/h3-13,25H,1-2H3. The van der Waals surface area contributed by atoms with E-state index in [1.807, 2.05) is 24.3 Å². The minimum absolute atomic E-state index is 0.0553. The second-order valence-electron chi connectivity index (χ2n) is 6.68. The molecule has 1 N–H and O–H groups in total. The summed E-state index contributed by atoms with van der Waals surface area (Å²) in [6.07, 6.45) is 0. The summed E-state index contributed by atoms with van der Waals surface area (Å²) < 4.78 is 12.2. The third-order valence-electron chi connectivity index (χ3n) is 4.96. The van der Waals surface area contributed by atoms with Gasteiger partial charge in [0.15, 0.2) is 0 Å². The summed E-state index contributed by atoms with van der Waals surface area (Å²) in [6, 6.07) is 21.2. The van der Waals surface area contributed by atoms with Crippen LogP contribution in [0.4, 0.5) is 17.2 Å². The lowest BCUT2D eigenvalue weighted by Crippen LogP contribution is -2.02. The number of nitriles is 1. The van der Waals surface area contributed by atoms with Crippen LogP contribution in [-0.4, -0.2) is 23.7 Å². The minimum atomic E-state index is -0.451. The predicted molar refractivity (Wildman–Crippen MR) is 117 cm³/mol. The Kier molecular flexibility index (Phi) is 5.16. The fraction of sp³-hybridized carbons (Fsp3) is 0.0870. The van der Waals surface area contributed by atoms with Gasteiger partial charge in [-0.3, -0.25) is 14.7 Å². The zero-order valence-electron chi connectivity index (χ0n) is 16.8. The van der Waals surface area contributed by atoms with Crippen LogP contribution in [0.2, 0.25) is 0 Å². The molecule has 0 spiro atoms. The van der Waals surface area contributed by atoms with Crippen LogP contribution in [0.1, 0.15) is 5.56 Å². The average molecular weight is 414 g/mol. The lowest BCUT2D eigenvalue weighted by atomic mass is 10.1. The molecule has 8 heteroatoms. The Morgan fingerprint density at radius 1 is 0.968 bits per heavy atom. The lowest BCUT2D eigenvalue weighted by Gasteiger charge is -2.14. The van der Waals surface area contributed by atoms with Crippen molar-refractivity contribution in [3.8, 4) is 23.3 Å². The van der Waals surface area contributed by atoms with E-state index in [2.05, 4.69) is 11.4 Å². The molecule has 154 valence electrons. The van der Waals surface area contributed by atoms with Gasteiger partial charge in [0.25, 0.3) is 5.69 Å². The zero-order valence-corrected chi connectivity index (χ0v) is 16.8. The van der Waals surface area contributed by atoms with Gasteiger partial charge in [0.1, 0.15) is 28.9 Å². The number of anilines is 2. The summed E-state index contributed by atoms with van der Waals surface area (Å²) >= 11 is 0. The predicted octanol–water partition coefficient (Wildman–Crippen LogP) is 5.17. The van der Waals surface area contributed by atoms with Gasteiger partial charge in [-0.25, -0.2) is 0 Å². The van der Waals surface area contributed by atoms with Crippen molar-refractivity contribution in [3.05, 3.63) is 82.4 Å². The van der Waals surface area contributed by atoms with Gasteiger partial charge in [-0.2, -0.15) is 5.26 Å². The second-order valence-corrected chi connectivity index (χ2v) is 6.68. The molecule has 4 rings (SSSR count). The molecule has 0 aliphatic carbocycles. The summed E-state index contributed by atoms with van der Waals surface area (Å²) in [5.41, 5.74) is 2.34. The lowest BCUT2D eigenvalue weighted by molar-refractivity contribution is -0.384. The molecule has 0 unspecified atom stereocenters. The Bertz CT molecular complexity index is 1300. The number of nitrogens with one attached hydrogen (secondary N) is 1. The fourth-order valence-electron chi connectivity index (χ4n) is 3.43. The first-order valence-corrected chi connectivity index (χ1v) is 9.34. The fourth-order valence-corrected chi connectivity index (χ4v) is 3.43. The molecule has 0 amide bonds. The molecule has 0 radical (unpaired) electrons. The molecule has 3 aromatic carbocycles. The van der Waals surface area contributed by atoms with Gasteiger partial charge >= 0.3 is 0 Å². The van der Waals surface area contributed by atoms with E-state index in [1.54, 1.807) is 49.1 Å². The van der Waals surface area contributed by atoms with Gasteiger partial charge in [-0.1, -0.05) is 0 Å². The Hall–Kier alpha value is -4.51. The molecule has 0 bridgehead atoms. The molecule has 0 saturated heterocycles. The summed E-state index contributed by atoms with van der Waals surface area (Å²) in [4.78, 5) is 10.9. The quantitative estimate of drug-likeness (QED) is 0.345. The van der Waals surface area contributed by atoms with Crippen molar-refractivity contribution >= 4 is 28.1 Å². The van der Waals surface area contributed by atoms with E-state index >= 15 is 0 Å². The average Bonchev–Trinajstić information content (AvgIpc) is 3.11. The van der Waals surface area contributed by atoms with E-state index in [9.17, 15) is 15.4 Å². The molecular formula is C23H18N4O4. The van der Waals surface area contributed by atoms with Gasteiger partial charge in [0, 0.05) is 28.9 Å². The first-order valence-electron chi connectivity index (χ1n) is 9.34. The summed E-state index contributed by atoms with van der Waals surface area (Å²) in [7, 11) is 3.17. The maximum Gasteiger partial charge on any atom is 0.271 e. The van der Waals surface area contributed by atoms with Crippen molar-refractivity contribution in [1.82, 2.24) is 4.57 Å². The number of rotatable bonds is 6. The number of nitrogens with zero attached hydrogens (tertiary/aromatic N) is 3. The largest absolute Gasteiger partial charge is 0.497 e. The smallest absolute Gasteiger partial charge is 0.271 e. The topological polar surface area (TPSA) is 102 Å². The van der Waals surface area contributed by atoms with Gasteiger partial charge in [-0.05, 0) is 54.6 Å². The summed E-state index contributed by atoms with van der Waals surface area (Å²) in [5, 5.41) is 25.2. The number of fused-ring (bicyclic) bond motifs is 1. The molecule has 31 heavy (non-hydrogen) atoms. The van der Waals surface area contributed by atoms with Crippen LogP contribution in [0.15, 0.2) is 66.7 Å². The summed E-state index contributed by atoms with van der Waals surface area (Å²) in [5.74, 6) is 1.89. The van der Waals surface area contributed by atoms with Crippen molar-refractivity contribution < 1.29 is 14.4 Å². The van der Waals surface area contributed by atoms with Crippen LogP contribution in [0, 0.1) is 21.4 Å². The number of benzene rings is 3. The number of hydrogen-bond donors (Lipinski definition) is 1. The SMILES string of the molecule is COc1ccc(Nc2c(C#N)c3ccc([N+](=O)[O-])cc3n2-c2ccc(OC)cc2)cc1. The van der Waals surface area contributed by atoms with Gasteiger partial charge in [0.2, 0.25) is 0 Å². The van der Waals surface area contributed by atoms with E-state index in [1.165, 1.54) is 12.1 Å². The molecule has 0 atom stereocenters. The first kappa shape index (κ1) is 19.8. The Morgan fingerprint density at radius 2 is 1.58 bits per heavy atom. The molecule has 1 heterocycles. The summed E-state index contributed by atoms with van der Waals surface area (Å²) in [6.45, 7) is 0. The van der Waals surface area contributed by atoms with Crippen molar-refractivity contribution in [3.63, 3.8) is 0 Å². The van der Waals surface area contributed by atoms with Crippen molar-refractivity contribution in [2.45, 2.75) is 0 Å². The van der Waals surface area contributed by atoms with E-state index < -0.39 is 4.92 Å². The highest BCUT2D eigenvalue weighted by Crippen LogP contribution is 2.37. The van der Waals surface area contributed by atoms with Crippen molar-refractivity contribution in [2.75, 3.05) is 19.5 Å². The molecule has 0 aliphatic heterocycles. The van der Waals surface area contributed by atoms with Crippen LogP contribution in [0.5, 0.6) is 11.5 Å². The van der Waals surface area contributed by atoms with Crippen molar-refractivity contribution in [2.24, 2.45) is 0 Å². The monoisotopic (exact) mass is 414 g/mol. The van der Waals surface area contributed by atoms with Crippen LogP contribution >= 0.6 is 0 Å². The number of nitro benzene ring substituents is 1. The first-order chi connectivity index (χ1) is 15.0. The third kappa shape index (κ3) is 3.60. The van der Waals surface area contributed by atoms with E-state index in [4.69, 9.17) is 9.47 Å². The maximum atomic E-state index is 11.4. The van der Waals surface area contributed by atoms with E-state index in [0.717, 1.165) is 11.4 Å². The van der Waals surface area contributed by atoms with Crippen molar-refractivity contribution in [1.29, 1.82) is 5.26 Å². The number of methoxy groups -OCH3 is 2. The Morgan fingerprint density at radius 3 is 2.13 bits per heavy atom. The molecule has 1 aromatic heterocycles. The number of ether oxygens (including phenoxy) is 2. The molecule has 4 aromatic rings. The Labute approximate surface area is 178 Å². The molecule has 0 saturated carbocycles. The minimum Gasteiger partial charge on any atom is -0.497 e.